The van der Waals surface area contributed by atoms with Crippen LogP contribution >= 0.6 is 0 Å². The maximum Gasteiger partial charge on any atom is 0.419 e. The van der Waals surface area contributed by atoms with Gasteiger partial charge in [-0.3, -0.25) is 4.57 Å². The summed E-state index contributed by atoms with van der Waals surface area (Å²) in [6.45, 7) is 3.44. The Morgan fingerprint density at radius 3 is 3.05 bits per heavy atom. The molecule has 5 nitrogen and oxygen atoms in total. The van der Waals surface area contributed by atoms with Crippen LogP contribution in [-0.2, 0) is 11.3 Å². The zero-order chi connectivity index (χ0) is 14.8. The van der Waals surface area contributed by atoms with Gasteiger partial charge in [-0.15, -0.1) is 0 Å². The average Bonchev–Trinajstić information content (AvgIpc) is 3.07. The normalized spacial score (nSPS) is 20.2. The van der Waals surface area contributed by atoms with E-state index in [0.717, 1.165) is 36.9 Å². The molecule has 2 heterocycles. The third kappa shape index (κ3) is 2.89. The predicted octanol–water partition coefficient (Wildman–Crippen LogP) is 2.61. The molecule has 1 N–H and O–H groups in total. The van der Waals surface area contributed by atoms with Crippen molar-refractivity contribution in [1.82, 2.24) is 4.57 Å². The Balaban J connectivity index is 1.85. The zero-order valence-corrected chi connectivity index (χ0v) is 12.2. The van der Waals surface area contributed by atoms with E-state index in [9.17, 15) is 9.90 Å². The molecule has 1 aromatic heterocycles. The van der Waals surface area contributed by atoms with Crippen LogP contribution in [0.4, 0.5) is 0 Å². The van der Waals surface area contributed by atoms with Gasteiger partial charge in [0.1, 0.15) is 0 Å². The fourth-order valence-electron chi connectivity index (χ4n) is 2.94. The topological polar surface area (TPSA) is 64.6 Å². The monoisotopic (exact) mass is 291 g/mol. The van der Waals surface area contributed by atoms with E-state index < -0.39 is 6.10 Å². The predicted molar refractivity (Wildman–Crippen MR) is 79.3 cm³/mol. The zero-order valence-electron chi connectivity index (χ0n) is 12.2. The molecule has 114 valence electrons. The smallest absolute Gasteiger partial charge is 0.408 e. The summed E-state index contributed by atoms with van der Waals surface area (Å²) in [7, 11) is 0. The van der Waals surface area contributed by atoms with Gasteiger partial charge in [0.25, 0.3) is 0 Å². The molecule has 1 saturated heterocycles. The molecular weight excluding hydrogens is 270 g/mol. The number of hydrogen-bond donors (Lipinski definition) is 1. The largest absolute Gasteiger partial charge is 0.419 e. The summed E-state index contributed by atoms with van der Waals surface area (Å²) in [4.78, 5) is 11.8. The average molecular weight is 291 g/mol. The van der Waals surface area contributed by atoms with Crippen LogP contribution in [0.3, 0.4) is 0 Å². The van der Waals surface area contributed by atoms with Crippen molar-refractivity contribution in [3.63, 3.8) is 0 Å². The van der Waals surface area contributed by atoms with Crippen molar-refractivity contribution in [2.75, 3.05) is 6.61 Å². The molecule has 0 saturated carbocycles. The summed E-state index contributed by atoms with van der Waals surface area (Å²) in [6, 6.07) is 5.48. The van der Waals surface area contributed by atoms with Crippen molar-refractivity contribution in [3.05, 3.63) is 34.3 Å². The standard InChI is InChI=1S/C16H21NO4/c1-2-7-17-13-6-5-11(9-15(13)21-16(17)19)14(18)10-12-4-3-8-20-12/h5-6,9,12,14,18H,2-4,7-8,10H2,1H3. The molecule has 0 radical (unpaired) electrons. The first-order valence-electron chi connectivity index (χ1n) is 7.62. The number of rotatable bonds is 5. The van der Waals surface area contributed by atoms with E-state index in [1.54, 1.807) is 10.6 Å². The summed E-state index contributed by atoms with van der Waals surface area (Å²) < 4.78 is 12.5. The van der Waals surface area contributed by atoms with Crippen molar-refractivity contribution in [2.45, 2.75) is 51.4 Å². The first-order chi connectivity index (χ1) is 10.2. The second-order valence-corrected chi connectivity index (χ2v) is 5.63. The fourth-order valence-corrected chi connectivity index (χ4v) is 2.94. The Morgan fingerprint density at radius 1 is 1.48 bits per heavy atom. The van der Waals surface area contributed by atoms with E-state index in [-0.39, 0.29) is 11.9 Å². The fraction of sp³-hybridized carbons (Fsp3) is 0.562. The Morgan fingerprint density at radius 2 is 2.33 bits per heavy atom. The van der Waals surface area contributed by atoms with E-state index >= 15 is 0 Å². The number of aliphatic hydroxyl groups is 1. The summed E-state index contributed by atoms with van der Waals surface area (Å²) in [6.07, 6.45) is 3.07. The Bertz CT molecular complexity index is 666. The van der Waals surface area contributed by atoms with Gasteiger partial charge in [0, 0.05) is 19.6 Å². The molecule has 1 aliphatic rings. The Labute approximate surface area is 123 Å². The lowest BCUT2D eigenvalue weighted by Crippen LogP contribution is -2.13. The number of aromatic nitrogens is 1. The first-order valence-corrected chi connectivity index (χ1v) is 7.62. The highest BCUT2D eigenvalue weighted by Crippen LogP contribution is 2.27. The van der Waals surface area contributed by atoms with Gasteiger partial charge >= 0.3 is 5.76 Å². The molecule has 5 heteroatoms. The number of oxazole rings is 1. The van der Waals surface area contributed by atoms with E-state index in [4.69, 9.17) is 9.15 Å². The number of ether oxygens (including phenoxy) is 1. The lowest BCUT2D eigenvalue weighted by Gasteiger charge is -2.15. The first kappa shape index (κ1) is 14.4. The van der Waals surface area contributed by atoms with Gasteiger partial charge in [0.2, 0.25) is 0 Å². The molecule has 2 aromatic rings. The molecule has 0 aliphatic carbocycles. The highest BCUT2D eigenvalue weighted by molar-refractivity contribution is 5.73. The second kappa shape index (κ2) is 6.03. The Kier molecular flexibility index (Phi) is 4.12. The highest BCUT2D eigenvalue weighted by Gasteiger charge is 2.21. The molecule has 21 heavy (non-hydrogen) atoms. The summed E-state index contributed by atoms with van der Waals surface area (Å²) >= 11 is 0. The maximum absolute atomic E-state index is 11.8. The number of fused-ring (bicyclic) bond motifs is 1. The summed E-state index contributed by atoms with van der Waals surface area (Å²) in [5, 5.41) is 10.3. The number of benzene rings is 1. The third-order valence-electron chi connectivity index (χ3n) is 4.03. The van der Waals surface area contributed by atoms with Gasteiger partial charge < -0.3 is 14.3 Å². The van der Waals surface area contributed by atoms with E-state index in [0.29, 0.717) is 18.5 Å². The third-order valence-corrected chi connectivity index (χ3v) is 4.03. The summed E-state index contributed by atoms with van der Waals surface area (Å²) in [5.41, 5.74) is 2.10. The van der Waals surface area contributed by atoms with Gasteiger partial charge in [0.15, 0.2) is 5.58 Å². The lowest BCUT2D eigenvalue weighted by molar-refractivity contribution is 0.0535. The molecular formula is C16H21NO4. The molecule has 2 unspecified atom stereocenters. The minimum Gasteiger partial charge on any atom is -0.408 e. The second-order valence-electron chi connectivity index (χ2n) is 5.63. The van der Waals surface area contributed by atoms with Crippen LogP contribution in [-0.4, -0.2) is 22.4 Å². The molecule has 0 amide bonds. The van der Waals surface area contributed by atoms with Gasteiger partial charge in [-0.05, 0) is 37.0 Å². The number of aryl methyl sites for hydroxylation is 1. The quantitative estimate of drug-likeness (QED) is 0.919. The van der Waals surface area contributed by atoms with Gasteiger partial charge in [-0.25, -0.2) is 4.79 Å². The van der Waals surface area contributed by atoms with Crippen LogP contribution < -0.4 is 5.76 Å². The maximum atomic E-state index is 11.8. The number of hydrogen-bond acceptors (Lipinski definition) is 4. The summed E-state index contributed by atoms with van der Waals surface area (Å²) in [5.74, 6) is -0.336. The molecule has 3 rings (SSSR count). The molecule has 1 aliphatic heterocycles. The van der Waals surface area contributed by atoms with Crippen molar-refractivity contribution in [1.29, 1.82) is 0 Å². The van der Waals surface area contributed by atoms with Crippen LogP contribution in [0.5, 0.6) is 0 Å². The highest BCUT2D eigenvalue weighted by atomic mass is 16.5. The van der Waals surface area contributed by atoms with Crippen LogP contribution in [0.25, 0.3) is 11.1 Å². The van der Waals surface area contributed by atoms with Crippen molar-refractivity contribution in [3.8, 4) is 0 Å². The molecule has 0 bridgehead atoms. The van der Waals surface area contributed by atoms with E-state index in [2.05, 4.69) is 0 Å². The van der Waals surface area contributed by atoms with Crippen LogP contribution in [0, 0.1) is 0 Å². The van der Waals surface area contributed by atoms with Gasteiger partial charge in [0.05, 0.1) is 17.7 Å². The van der Waals surface area contributed by atoms with Crippen LogP contribution in [0.1, 0.15) is 44.3 Å². The Hall–Kier alpha value is -1.59. The minimum absolute atomic E-state index is 0.132. The molecule has 0 spiro atoms. The molecule has 2 atom stereocenters. The van der Waals surface area contributed by atoms with E-state index in [1.807, 2.05) is 19.1 Å². The number of nitrogens with zero attached hydrogens (tertiary/aromatic N) is 1. The minimum atomic E-state index is -0.586. The van der Waals surface area contributed by atoms with E-state index in [1.165, 1.54) is 0 Å². The van der Waals surface area contributed by atoms with Gasteiger partial charge in [-0.1, -0.05) is 13.0 Å². The van der Waals surface area contributed by atoms with Crippen molar-refractivity contribution in [2.24, 2.45) is 0 Å². The lowest BCUT2D eigenvalue weighted by atomic mass is 10.0. The SMILES string of the molecule is CCCn1c(=O)oc2cc(C(O)CC3CCCO3)ccc21. The molecule has 1 fully saturated rings. The van der Waals surface area contributed by atoms with Crippen LogP contribution in [0.2, 0.25) is 0 Å². The van der Waals surface area contributed by atoms with Crippen LogP contribution in [0.15, 0.2) is 27.4 Å². The number of aliphatic hydroxyl groups excluding tert-OH is 1. The van der Waals surface area contributed by atoms with Gasteiger partial charge in [-0.2, -0.15) is 0 Å². The van der Waals surface area contributed by atoms with Crippen molar-refractivity contribution >= 4 is 11.1 Å². The molecule has 1 aromatic carbocycles. The van der Waals surface area contributed by atoms with Crippen molar-refractivity contribution < 1.29 is 14.3 Å².